The molecule has 1 aromatic heterocycles. The molecule has 0 saturated carbocycles. The molecule has 0 unspecified atom stereocenters. The number of nitrogens with zero attached hydrogens (tertiary/aromatic N) is 2. The first-order valence-electron chi connectivity index (χ1n) is 9.97. The number of carbonyl (C=O) groups excluding carboxylic acids is 1. The molecular formula is C23H29N3O3. The van der Waals surface area contributed by atoms with E-state index >= 15 is 0 Å². The Bertz CT molecular complexity index is 979. The third-order valence-electron chi connectivity index (χ3n) is 4.94. The smallest absolute Gasteiger partial charge is 0.220 e. The molecule has 154 valence electrons. The lowest BCUT2D eigenvalue weighted by atomic mass is 10.1. The molecule has 3 rings (SSSR count). The van der Waals surface area contributed by atoms with Gasteiger partial charge in [-0.3, -0.25) is 4.79 Å². The molecule has 1 heterocycles. The number of hydrogen-bond acceptors (Lipinski definition) is 4. The van der Waals surface area contributed by atoms with Gasteiger partial charge in [0.25, 0.3) is 0 Å². The molecule has 0 spiro atoms. The number of methoxy groups -OCH3 is 2. The Labute approximate surface area is 171 Å². The molecule has 0 aliphatic heterocycles. The molecule has 0 fully saturated rings. The molecule has 0 aliphatic carbocycles. The number of ether oxygens (including phenoxy) is 2. The Hall–Kier alpha value is -3.02. The Morgan fingerprint density at radius 1 is 1.07 bits per heavy atom. The summed E-state index contributed by atoms with van der Waals surface area (Å²) in [6.45, 7) is 4.87. The van der Waals surface area contributed by atoms with Crippen molar-refractivity contribution >= 4 is 16.9 Å². The van der Waals surface area contributed by atoms with Crippen LogP contribution in [0.5, 0.6) is 11.5 Å². The van der Waals surface area contributed by atoms with E-state index in [0.29, 0.717) is 43.3 Å². The van der Waals surface area contributed by atoms with Crippen LogP contribution in [-0.2, 0) is 17.6 Å². The van der Waals surface area contributed by atoms with E-state index < -0.39 is 0 Å². The number of aryl methyl sites for hydroxylation is 1. The Kier molecular flexibility index (Phi) is 6.75. The average Bonchev–Trinajstić information content (AvgIpc) is 3.10. The monoisotopic (exact) mass is 395 g/mol. The fourth-order valence-electron chi connectivity index (χ4n) is 3.54. The number of carbonyl (C=O) groups is 1. The van der Waals surface area contributed by atoms with Crippen molar-refractivity contribution in [2.75, 3.05) is 20.8 Å². The molecule has 3 aromatic rings. The highest BCUT2D eigenvalue weighted by Gasteiger charge is 2.13. The first kappa shape index (κ1) is 20.7. The number of nitrogens with one attached hydrogen (secondary N) is 1. The summed E-state index contributed by atoms with van der Waals surface area (Å²) in [6.07, 6.45) is 1.78. The normalized spacial score (nSPS) is 11.1. The summed E-state index contributed by atoms with van der Waals surface area (Å²) in [5.74, 6) is 2.40. The zero-order valence-electron chi connectivity index (χ0n) is 17.6. The van der Waals surface area contributed by atoms with E-state index in [1.807, 2.05) is 36.4 Å². The first-order valence-corrected chi connectivity index (χ1v) is 9.97. The number of hydrogen-bond donors (Lipinski definition) is 1. The fourth-order valence-corrected chi connectivity index (χ4v) is 3.54. The standard InChI is InChI=1S/C23H29N3O3/c1-16(2)26-19-8-6-5-7-18(19)25-22(26)13-14-24-23(27)12-10-17-9-11-20(28-3)21(15-17)29-4/h5-9,11,15-16H,10,12-14H2,1-4H3,(H,24,27). The topological polar surface area (TPSA) is 65.4 Å². The van der Waals surface area contributed by atoms with Gasteiger partial charge in [-0.25, -0.2) is 4.98 Å². The van der Waals surface area contributed by atoms with Crippen LogP contribution in [0.1, 0.15) is 37.7 Å². The second kappa shape index (κ2) is 9.45. The SMILES string of the molecule is COc1ccc(CCC(=O)NCCc2nc3ccccc3n2C(C)C)cc1OC. The van der Waals surface area contributed by atoms with E-state index in [4.69, 9.17) is 14.5 Å². The third kappa shape index (κ3) is 4.88. The van der Waals surface area contributed by atoms with Crippen LogP contribution in [0.2, 0.25) is 0 Å². The van der Waals surface area contributed by atoms with Crippen molar-refractivity contribution in [2.24, 2.45) is 0 Å². The molecular weight excluding hydrogens is 366 g/mol. The third-order valence-corrected chi connectivity index (χ3v) is 4.94. The Balaban J connectivity index is 1.54. The van der Waals surface area contributed by atoms with Crippen LogP contribution in [0.3, 0.4) is 0 Å². The number of rotatable bonds is 9. The van der Waals surface area contributed by atoms with Gasteiger partial charge in [-0.05, 0) is 50.1 Å². The van der Waals surface area contributed by atoms with Crippen LogP contribution in [0.25, 0.3) is 11.0 Å². The molecule has 0 aliphatic rings. The van der Waals surface area contributed by atoms with Gasteiger partial charge in [-0.2, -0.15) is 0 Å². The van der Waals surface area contributed by atoms with Gasteiger partial charge in [-0.1, -0.05) is 18.2 Å². The van der Waals surface area contributed by atoms with Crippen LogP contribution in [-0.4, -0.2) is 36.2 Å². The van der Waals surface area contributed by atoms with Gasteiger partial charge in [-0.15, -0.1) is 0 Å². The largest absolute Gasteiger partial charge is 0.493 e. The van der Waals surface area contributed by atoms with Crippen LogP contribution < -0.4 is 14.8 Å². The molecule has 0 radical (unpaired) electrons. The van der Waals surface area contributed by atoms with Crippen molar-refractivity contribution in [3.05, 3.63) is 53.9 Å². The molecule has 6 heteroatoms. The molecule has 1 N–H and O–H groups in total. The fraction of sp³-hybridized carbons (Fsp3) is 0.391. The molecule has 0 atom stereocenters. The predicted octanol–water partition coefficient (Wildman–Crippen LogP) is 3.93. The average molecular weight is 396 g/mol. The van der Waals surface area contributed by atoms with Gasteiger partial charge in [0, 0.05) is 25.4 Å². The Morgan fingerprint density at radius 2 is 1.83 bits per heavy atom. The van der Waals surface area contributed by atoms with Crippen LogP contribution in [0.4, 0.5) is 0 Å². The Morgan fingerprint density at radius 3 is 2.55 bits per heavy atom. The highest BCUT2D eigenvalue weighted by atomic mass is 16.5. The quantitative estimate of drug-likeness (QED) is 0.596. The molecule has 1 amide bonds. The molecule has 2 aromatic carbocycles. The number of aromatic nitrogens is 2. The van der Waals surface area contributed by atoms with E-state index in [0.717, 1.165) is 22.4 Å². The minimum Gasteiger partial charge on any atom is -0.493 e. The van der Waals surface area contributed by atoms with Crippen molar-refractivity contribution in [1.82, 2.24) is 14.9 Å². The maximum Gasteiger partial charge on any atom is 0.220 e. The van der Waals surface area contributed by atoms with Gasteiger partial charge in [0.05, 0.1) is 25.3 Å². The van der Waals surface area contributed by atoms with Gasteiger partial charge >= 0.3 is 0 Å². The lowest BCUT2D eigenvalue weighted by Gasteiger charge is -2.13. The summed E-state index contributed by atoms with van der Waals surface area (Å²) in [6, 6.07) is 14.2. The lowest BCUT2D eigenvalue weighted by molar-refractivity contribution is -0.121. The number of fused-ring (bicyclic) bond motifs is 1. The summed E-state index contributed by atoms with van der Waals surface area (Å²) >= 11 is 0. The molecule has 0 saturated heterocycles. The van der Waals surface area contributed by atoms with Crippen molar-refractivity contribution in [2.45, 2.75) is 39.2 Å². The number of para-hydroxylation sites is 2. The maximum atomic E-state index is 12.3. The van der Waals surface area contributed by atoms with E-state index in [2.05, 4.69) is 29.8 Å². The van der Waals surface area contributed by atoms with E-state index in [1.54, 1.807) is 14.2 Å². The van der Waals surface area contributed by atoms with Crippen molar-refractivity contribution in [1.29, 1.82) is 0 Å². The summed E-state index contributed by atoms with van der Waals surface area (Å²) in [4.78, 5) is 17.0. The van der Waals surface area contributed by atoms with Crippen LogP contribution in [0.15, 0.2) is 42.5 Å². The van der Waals surface area contributed by atoms with Crippen LogP contribution >= 0.6 is 0 Å². The second-order valence-corrected chi connectivity index (χ2v) is 7.27. The minimum absolute atomic E-state index is 0.0343. The van der Waals surface area contributed by atoms with Crippen molar-refractivity contribution in [3.8, 4) is 11.5 Å². The highest BCUT2D eigenvalue weighted by molar-refractivity contribution is 5.77. The van der Waals surface area contributed by atoms with Gasteiger partial charge < -0.3 is 19.4 Å². The zero-order chi connectivity index (χ0) is 20.8. The minimum atomic E-state index is 0.0343. The van der Waals surface area contributed by atoms with Gasteiger partial charge in [0.1, 0.15) is 5.82 Å². The first-order chi connectivity index (χ1) is 14.0. The number of imidazole rings is 1. The lowest BCUT2D eigenvalue weighted by Crippen LogP contribution is -2.26. The maximum absolute atomic E-state index is 12.3. The predicted molar refractivity (Wildman–Crippen MR) is 115 cm³/mol. The van der Waals surface area contributed by atoms with Gasteiger partial charge in [0.15, 0.2) is 11.5 Å². The highest BCUT2D eigenvalue weighted by Crippen LogP contribution is 2.28. The van der Waals surface area contributed by atoms with E-state index in [9.17, 15) is 4.79 Å². The summed E-state index contributed by atoms with van der Waals surface area (Å²) in [7, 11) is 3.22. The summed E-state index contributed by atoms with van der Waals surface area (Å²) < 4.78 is 12.8. The molecule has 0 bridgehead atoms. The van der Waals surface area contributed by atoms with Crippen LogP contribution in [0, 0.1) is 0 Å². The molecule has 6 nitrogen and oxygen atoms in total. The van der Waals surface area contributed by atoms with Crippen molar-refractivity contribution in [3.63, 3.8) is 0 Å². The summed E-state index contributed by atoms with van der Waals surface area (Å²) in [5.41, 5.74) is 3.17. The van der Waals surface area contributed by atoms with E-state index in [-0.39, 0.29) is 5.91 Å². The number of amides is 1. The second-order valence-electron chi connectivity index (χ2n) is 7.27. The summed E-state index contributed by atoms with van der Waals surface area (Å²) in [5, 5.41) is 3.01. The van der Waals surface area contributed by atoms with E-state index in [1.165, 1.54) is 0 Å². The van der Waals surface area contributed by atoms with Crippen molar-refractivity contribution < 1.29 is 14.3 Å². The molecule has 29 heavy (non-hydrogen) atoms. The number of benzene rings is 2. The zero-order valence-corrected chi connectivity index (χ0v) is 17.6. The van der Waals surface area contributed by atoms with Gasteiger partial charge in [0.2, 0.25) is 5.91 Å².